The van der Waals surface area contributed by atoms with E-state index in [4.69, 9.17) is 5.73 Å². The first-order chi connectivity index (χ1) is 18.6. The number of nitrogens with zero attached hydrogens (tertiary/aromatic N) is 2. The lowest BCUT2D eigenvalue weighted by molar-refractivity contribution is -0.140. The molecule has 1 atom stereocenters. The summed E-state index contributed by atoms with van der Waals surface area (Å²) in [6.07, 6.45) is -0.170. The molecule has 1 amide bonds. The second kappa shape index (κ2) is 9.87. The van der Waals surface area contributed by atoms with Gasteiger partial charge in [0.2, 0.25) is 10.3 Å². The molecule has 1 aromatic heterocycles. The predicted octanol–water partition coefficient (Wildman–Crippen LogP) is 0.559. The van der Waals surface area contributed by atoms with E-state index < -0.39 is 45.2 Å². The number of aliphatic imine (C=N–C) groups is 1. The lowest BCUT2D eigenvalue weighted by atomic mass is 10.0. The smallest absolute Gasteiger partial charge is 0.333 e. The Kier molecular flexibility index (Phi) is 6.42. The van der Waals surface area contributed by atoms with Crippen LogP contribution in [0.1, 0.15) is 11.1 Å². The molecule has 5 N–H and O–H groups in total. The van der Waals surface area contributed by atoms with Crippen LogP contribution in [-0.2, 0) is 26.3 Å². The van der Waals surface area contributed by atoms with E-state index in [-0.39, 0.29) is 33.6 Å². The van der Waals surface area contributed by atoms with Crippen molar-refractivity contribution in [3.05, 3.63) is 98.7 Å². The molecule has 5 rings (SSSR count). The molecule has 0 fully saturated rings. The molecule has 0 radical (unpaired) electrons. The Morgan fingerprint density at radius 3 is 2.46 bits per heavy atom. The standard InChI is InChI=1S/C26H19N5O7S/c27-14-7-10-19-17(12-14)24(33)31(26(36)30-19)15-8-5-13(6-9-15)11-20(25(34)35)29-23(32)21-22(39(37)38)16-3-1-2-4-18(16)28-21/h1-10,12,20H,11,27H2,(H,29,32)(H,30,36)(H,34,35). The molecule has 2 heterocycles. The van der Waals surface area contributed by atoms with E-state index in [1.54, 1.807) is 24.3 Å². The minimum Gasteiger partial charge on any atom is -0.480 e. The number of aromatic amines is 1. The van der Waals surface area contributed by atoms with Crippen LogP contribution in [0.15, 0.2) is 81.3 Å². The number of H-pyrrole nitrogens is 1. The number of carbonyl (C=O) groups is 2. The summed E-state index contributed by atoms with van der Waals surface area (Å²) in [5.74, 6) is -2.31. The van der Waals surface area contributed by atoms with Gasteiger partial charge in [0, 0.05) is 17.7 Å². The number of hydrogen-bond donors (Lipinski definition) is 4. The number of anilines is 1. The summed E-state index contributed by atoms with van der Waals surface area (Å²) in [6, 6.07) is 15.4. The van der Waals surface area contributed by atoms with Crippen molar-refractivity contribution in [1.29, 1.82) is 0 Å². The monoisotopic (exact) mass is 545 g/mol. The van der Waals surface area contributed by atoms with E-state index in [2.05, 4.69) is 15.3 Å². The first-order valence-electron chi connectivity index (χ1n) is 11.5. The van der Waals surface area contributed by atoms with Crippen LogP contribution in [0.5, 0.6) is 0 Å². The zero-order chi connectivity index (χ0) is 27.8. The fourth-order valence-corrected chi connectivity index (χ4v) is 4.94. The molecule has 12 nitrogen and oxygen atoms in total. The summed E-state index contributed by atoms with van der Waals surface area (Å²) in [6.45, 7) is 0. The molecule has 0 spiro atoms. The SMILES string of the molecule is Nc1ccc2[nH]c(=O)n(-c3ccc(CC(NC(=O)C4=Nc5ccccc5C4=S(=O)=O)C(=O)O)cc3)c(=O)c2c1. The van der Waals surface area contributed by atoms with Gasteiger partial charge in [0.15, 0.2) is 5.71 Å². The van der Waals surface area contributed by atoms with E-state index in [9.17, 15) is 32.7 Å². The van der Waals surface area contributed by atoms with Gasteiger partial charge in [-0.3, -0.25) is 9.59 Å². The van der Waals surface area contributed by atoms with Crippen LogP contribution < -0.4 is 22.3 Å². The van der Waals surface area contributed by atoms with Crippen LogP contribution in [0.2, 0.25) is 0 Å². The first-order valence-corrected chi connectivity index (χ1v) is 12.5. The van der Waals surface area contributed by atoms with Crippen LogP contribution in [0.25, 0.3) is 16.6 Å². The maximum Gasteiger partial charge on any atom is 0.333 e. The Balaban J connectivity index is 1.39. The Labute approximate surface area is 220 Å². The van der Waals surface area contributed by atoms with Gasteiger partial charge in [-0.25, -0.2) is 19.1 Å². The number of hydrogen-bond acceptors (Lipinski definition) is 8. The second-order valence-electron chi connectivity index (χ2n) is 8.65. The predicted molar refractivity (Wildman–Crippen MR) is 144 cm³/mol. The maximum atomic E-state index is 13.0. The number of nitrogen functional groups attached to an aromatic ring is 1. The third-order valence-corrected chi connectivity index (χ3v) is 6.88. The van der Waals surface area contributed by atoms with Gasteiger partial charge in [0.05, 0.1) is 22.3 Å². The van der Waals surface area contributed by atoms with Crippen molar-refractivity contribution in [3.8, 4) is 5.69 Å². The number of carboxylic acids is 1. The molecule has 1 unspecified atom stereocenters. The van der Waals surface area contributed by atoms with E-state index in [0.717, 1.165) is 4.57 Å². The van der Waals surface area contributed by atoms with E-state index >= 15 is 0 Å². The van der Waals surface area contributed by atoms with Crippen molar-refractivity contribution in [1.82, 2.24) is 14.9 Å². The summed E-state index contributed by atoms with van der Waals surface area (Å²) in [4.78, 5) is 56.8. The molecule has 1 aliphatic rings. The topological polar surface area (TPSA) is 194 Å². The second-order valence-corrected chi connectivity index (χ2v) is 9.53. The highest BCUT2D eigenvalue weighted by Crippen LogP contribution is 2.26. The molecule has 0 saturated carbocycles. The van der Waals surface area contributed by atoms with Crippen molar-refractivity contribution in [3.63, 3.8) is 0 Å². The molecule has 0 saturated heterocycles. The summed E-state index contributed by atoms with van der Waals surface area (Å²) < 4.78 is 24.5. The number of aromatic nitrogens is 2. The van der Waals surface area contributed by atoms with E-state index in [1.807, 2.05) is 0 Å². The third-order valence-electron chi connectivity index (χ3n) is 6.14. The Morgan fingerprint density at radius 2 is 1.77 bits per heavy atom. The Morgan fingerprint density at radius 1 is 1.05 bits per heavy atom. The van der Waals surface area contributed by atoms with Crippen molar-refractivity contribution in [2.24, 2.45) is 4.99 Å². The summed E-state index contributed by atoms with van der Waals surface area (Å²) >= 11 is 0. The number of nitrogens with two attached hydrogens (primary N) is 1. The average molecular weight is 546 g/mol. The number of amides is 1. The number of carbonyl (C=O) groups excluding carboxylic acids is 1. The zero-order valence-corrected chi connectivity index (χ0v) is 20.7. The number of fused-ring (bicyclic) bond motifs is 2. The molecule has 13 heteroatoms. The molecular weight excluding hydrogens is 526 g/mol. The normalized spacial score (nSPS) is 13.0. The van der Waals surface area contributed by atoms with Gasteiger partial charge in [-0.1, -0.05) is 30.3 Å². The van der Waals surface area contributed by atoms with E-state index in [1.165, 1.54) is 42.5 Å². The van der Waals surface area contributed by atoms with Crippen LogP contribution in [-0.4, -0.2) is 51.6 Å². The first kappa shape index (κ1) is 25.4. The van der Waals surface area contributed by atoms with Crippen LogP contribution >= 0.6 is 0 Å². The van der Waals surface area contributed by atoms with Crippen molar-refractivity contribution in [2.75, 3.05) is 5.73 Å². The van der Waals surface area contributed by atoms with Gasteiger partial charge in [-0.15, -0.1) is 0 Å². The van der Waals surface area contributed by atoms with Crippen molar-refractivity contribution in [2.45, 2.75) is 12.5 Å². The number of benzene rings is 3. The van der Waals surface area contributed by atoms with Crippen LogP contribution in [0.4, 0.5) is 11.4 Å². The lowest BCUT2D eigenvalue weighted by Crippen LogP contribution is -2.46. The largest absolute Gasteiger partial charge is 0.480 e. The van der Waals surface area contributed by atoms with Crippen LogP contribution in [0, 0.1) is 0 Å². The molecule has 1 aliphatic heterocycles. The molecule has 0 bridgehead atoms. The average Bonchev–Trinajstić information content (AvgIpc) is 3.30. The Hall–Kier alpha value is -5.30. The Bertz CT molecular complexity index is 1960. The highest BCUT2D eigenvalue weighted by atomic mass is 32.2. The van der Waals surface area contributed by atoms with Gasteiger partial charge in [0.1, 0.15) is 10.9 Å². The van der Waals surface area contributed by atoms with Gasteiger partial charge in [-0.05, 0) is 42.0 Å². The lowest BCUT2D eigenvalue weighted by Gasteiger charge is -2.15. The summed E-state index contributed by atoms with van der Waals surface area (Å²) in [5.41, 5.74) is 6.06. The quantitative estimate of drug-likeness (QED) is 0.199. The zero-order valence-electron chi connectivity index (χ0n) is 19.9. The molecule has 4 aromatic rings. The number of aliphatic carboxylic acids is 1. The van der Waals surface area contributed by atoms with Crippen molar-refractivity contribution < 1.29 is 23.1 Å². The molecule has 0 aliphatic carbocycles. The fraction of sp³-hybridized carbons (Fsp3) is 0.0769. The van der Waals surface area contributed by atoms with Gasteiger partial charge in [0.25, 0.3) is 11.5 Å². The number of nitrogens with one attached hydrogen (secondary N) is 2. The van der Waals surface area contributed by atoms with Gasteiger partial charge in [-0.2, -0.15) is 8.42 Å². The van der Waals surface area contributed by atoms with Crippen molar-refractivity contribution >= 4 is 55.0 Å². The number of rotatable bonds is 6. The highest BCUT2D eigenvalue weighted by molar-refractivity contribution is 7.76. The third kappa shape index (κ3) is 4.73. The van der Waals surface area contributed by atoms with Crippen LogP contribution in [0.3, 0.4) is 0 Å². The minimum atomic E-state index is -2.79. The molecule has 3 aromatic carbocycles. The summed E-state index contributed by atoms with van der Waals surface area (Å²) in [7, 11) is -2.79. The fourth-order valence-electron chi connectivity index (χ4n) is 4.29. The van der Waals surface area contributed by atoms with Gasteiger partial charge >= 0.3 is 11.7 Å². The highest BCUT2D eigenvalue weighted by Gasteiger charge is 2.31. The molecular formula is C26H19N5O7S. The summed E-state index contributed by atoms with van der Waals surface area (Å²) in [5, 5.41) is 12.3. The van der Waals surface area contributed by atoms with E-state index in [0.29, 0.717) is 16.8 Å². The number of para-hydroxylation sites is 1. The van der Waals surface area contributed by atoms with Gasteiger partial charge < -0.3 is 21.1 Å². The maximum absolute atomic E-state index is 13.0. The molecule has 196 valence electrons. The molecule has 39 heavy (non-hydrogen) atoms. The minimum absolute atomic E-state index is 0.170. The number of carboxylic acid groups (broad SMARTS) is 1.